The van der Waals surface area contributed by atoms with Crippen molar-refractivity contribution in [2.45, 2.75) is 199 Å². The number of hydrogen-bond donors (Lipinski definition) is 0. The third-order valence-electron chi connectivity index (χ3n) is 29.7. The molecule has 6 aromatic carbocycles. The molecule has 550 valence electrons. The van der Waals surface area contributed by atoms with Gasteiger partial charge in [-0.15, -0.1) is 0 Å². The summed E-state index contributed by atoms with van der Waals surface area (Å²) in [5, 5.41) is 8.61. The van der Waals surface area contributed by atoms with Gasteiger partial charge in [-0.2, -0.15) is 0 Å². The van der Waals surface area contributed by atoms with E-state index in [4.69, 9.17) is 0 Å². The van der Waals surface area contributed by atoms with E-state index < -0.39 is 15.8 Å². The van der Waals surface area contributed by atoms with Crippen LogP contribution in [0, 0.1) is 99.3 Å². The number of benzene rings is 6. The average molecular weight is 1680 g/mol. The standard InChI is InChI=1S/C64H82Se2.2C18H15P.ClH.Pd/c1-60(2,3)55-21-39(4-6-41-23-56(61-27-43-9-44(28-61)11-45(10-43)29-61)65-57(24-41)62-30-46-12-47(31-62)14-48(13-46)32-62)8-40(22-55)5-7-42-25-58(63-33-49-15-50(34-63)17-51(16-49)35-63)66-59(26-42)64-36-52-18-53(37-64)20-54(19-52)38-64;2*1-4-10-16(11-5-1)19(17-12-6-2-7-13-17)18-14-8-3-9-15-18;;/h4-7,23-26,43-55H,9-22,27-38H2,1-3H3;2*1-15H;1H;/q;;;;+2/p+1. The Labute approximate surface area is 667 Å². The molecule has 106 heavy (non-hydrogen) atoms. The van der Waals surface area contributed by atoms with Crippen LogP contribution in [-0.4, -0.2) is 29.5 Å². The molecule has 0 amide bonds. The minimum atomic E-state index is -0.877. The largest absolute Gasteiger partial charge is 0.102 e. The Morgan fingerprint density at radius 1 is 0.377 bits per heavy atom. The van der Waals surface area contributed by atoms with Crippen molar-refractivity contribution < 1.29 is 18.2 Å². The van der Waals surface area contributed by atoms with Crippen LogP contribution in [0.15, 0.2) is 250 Å². The molecule has 1 aliphatic heterocycles. The van der Waals surface area contributed by atoms with Crippen molar-refractivity contribution in [3.8, 4) is 0 Å². The molecule has 0 radical (unpaired) electrons. The van der Waals surface area contributed by atoms with Crippen LogP contribution < -0.4 is 31.8 Å². The van der Waals surface area contributed by atoms with Crippen LogP contribution in [0.3, 0.4) is 0 Å². The molecule has 0 nitrogen and oxygen atoms in total. The molecule has 1 aromatic heterocycles. The summed E-state index contributed by atoms with van der Waals surface area (Å²) >= 11 is 3.31. The smallest absolute Gasteiger partial charge is 0.0620 e. The van der Waals surface area contributed by atoms with Gasteiger partial charge in [-0.25, -0.2) is 0 Å². The molecule has 25 rings (SSSR count). The summed E-state index contributed by atoms with van der Waals surface area (Å²) in [5.41, 5.74) is 8.44. The van der Waals surface area contributed by atoms with Gasteiger partial charge in [0.15, 0.2) is 0 Å². The molecular formula is C100H114ClP2PdSe2+3. The Morgan fingerprint density at radius 2 is 0.651 bits per heavy atom. The minimum Gasteiger partial charge on any atom is -0.0620 e. The van der Waals surface area contributed by atoms with Gasteiger partial charge in [-0.3, -0.25) is 0 Å². The van der Waals surface area contributed by atoms with E-state index in [-0.39, 0.29) is 5.41 Å². The minimum absolute atomic E-state index is 0.273. The molecular weight excluding hydrogens is 1560 g/mol. The maximum atomic E-state index is 4.49. The number of halogens is 1. The molecule has 7 aromatic rings. The van der Waals surface area contributed by atoms with Crippen molar-refractivity contribution in [1.29, 1.82) is 0 Å². The van der Waals surface area contributed by atoms with Gasteiger partial charge in [0.1, 0.15) is 31.8 Å². The van der Waals surface area contributed by atoms with Crippen molar-refractivity contribution in [1.82, 2.24) is 0 Å². The van der Waals surface area contributed by atoms with E-state index in [1.54, 1.807) is 88.2 Å². The zero-order valence-corrected chi connectivity index (χ0v) is 71.1. The van der Waals surface area contributed by atoms with Crippen molar-refractivity contribution >= 4 is 92.7 Å². The van der Waals surface area contributed by atoms with Gasteiger partial charge >= 0.3 is 444 Å². The first-order valence-electron chi connectivity index (χ1n) is 41.8. The predicted octanol–water partition coefficient (Wildman–Crippen LogP) is 23.0. The maximum Gasteiger partial charge on any atom is 0.102 e. The Balaban J connectivity index is 0.000000161. The van der Waals surface area contributed by atoms with E-state index in [2.05, 4.69) is 285 Å². The summed E-state index contributed by atoms with van der Waals surface area (Å²) in [6, 6.07) is 70.6. The van der Waals surface area contributed by atoms with Crippen molar-refractivity contribution in [2.75, 3.05) is 0 Å². The first kappa shape index (κ1) is 73.4. The molecule has 2 heterocycles. The SMILES string of the molecule is CC(C)(C)C1CC(/C=C/c2cc(C34CC5CC(CC(C5)C3)C4)[se+]c(C34CC5CC(CC(C5)C3)C4)c2)=[C-]C(=C/C=C2C=C(C34CC5CC(CC(C5)C3)C4)[Se]C(C34CC5CC(CC(C5)C3)C4)=C2)/C1.[Cl][Pd+].c1ccc([PH+](c2ccccc2)c2ccccc2)cc1.c1ccc([PH+](c2ccccc2)c2ccccc2)cc1. The summed E-state index contributed by atoms with van der Waals surface area (Å²) in [4.78, 5) is 0. The predicted molar refractivity (Wildman–Crippen MR) is 454 cm³/mol. The van der Waals surface area contributed by atoms with Crippen LogP contribution in [0.2, 0.25) is 0 Å². The van der Waals surface area contributed by atoms with Crippen LogP contribution in [0.5, 0.6) is 0 Å². The molecule has 16 fully saturated rings. The number of rotatable bonds is 13. The zero-order valence-electron chi connectivity index (χ0n) is 63.3. The second-order valence-corrected chi connectivity index (χ2v) is 47.8. The average Bonchev–Trinajstić information content (AvgIpc) is 0.747. The van der Waals surface area contributed by atoms with E-state index in [1.165, 1.54) is 120 Å². The molecule has 16 saturated carbocycles. The van der Waals surface area contributed by atoms with Crippen molar-refractivity contribution in [3.05, 3.63) is 271 Å². The Bertz CT molecular complexity index is 3860. The van der Waals surface area contributed by atoms with E-state index >= 15 is 0 Å². The van der Waals surface area contributed by atoms with Gasteiger partial charge in [-0.1, -0.05) is 109 Å². The molecule has 18 aliphatic rings. The molecule has 6 heteroatoms. The summed E-state index contributed by atoms with van der Waals surface area (Å²) in [7, 11) is 2.73. The van der Waals surface area contributed by atoms with Crippen molar-refractivity contribution in [3.63, 3.8) is 0 Å². The molecule has 0 spiro atoms. The van der Waals surface area contributed by atoms with E-state index in [9.17, 15) is 0 Å². The van der Waals surface area contributed by atoms with Gasteiger partial charge in [0.05, 0.1) is 15.8 Å². The molecule has 1 atom stereocenters. The van der Waals surface area contributed by atoms with Gasteiger partial charge in [0, 0.05) is 0 Å². The van der Waals surface area contributed by atoms with Gasteiger partial charge in [0.25, 0.3) is 0 Å². The normalized spacial score (nSPS) is 34.8. The number of hydrogen-bond acceptors (Lipinski definition) is 0. The summed E-state index contributed by atoms with van der Waals surface area (Å²) in [6.45, 7) is 7.55. The zero-order chi connectivity index (χ0) is 71.6. The quantitative estimate of drug-likeness (QED) is 0.0613. The first-order valence-corrected chi connectivity index (χ1v) is 50.2. The third-order valence-corrected chi connectivity index (χ3v) is 41.6. The van der Waals surface area contributed by atoms with E-state index in [1.807, 2.05) is 17.8 Å². The topological polar surface area (TPSA) is 0 Å². The van der Waals surface area contributed by atoms with Crippen LogP contribution in [0.4, 0.5) is 0 Å². The van der Waals surface area contributed by atoms with Crippen LogP contribution in [-0.2, 0) is 29.0 Å². The molecule has 0 N–H and O–H groups in total. The van der Waals surface area contributed by atoms with Gasteiger partial charge in [0.2, 0.25) is 0 Å². The van der Waals surface area contributed by atoms with Crippen LogP contribution >= 0.6 is 25.4 Å². The summed E-state index contributed by atoms with van der Waals surface area (Å²) < 4.78 is 7.83. The molecule has 17 aliphatic carbocycles. The Morgan fingerprint density at radius 3 is 0.925 bits per heavy atom. The molecule has 16 bridgehead atoms. The van der Waals surface area contributed by atoms with Gasteiger partial charge < -0.3 is 0 Å². The fraction of sp³-hybridized carbons (Fsp3) is 0.470. The van der Waals surface area contributed by atoms with Crippen LogP contribution in [0.1, 0.15) is 202 Å². The molecule has 0 saturated heterocycles. The monoisotopic (exact) mass is 1680 g/mol. The first-order chi connectivity index (χ1) is 51.8. The molecule has 1 unspecified atom stereocenters. The Kier molecular flexibility index (Phi) is 21.6. The second-order valence-electron chi connectivity index (χ2n) is 38.3. The van der Waals surface area contributed by atoms with E-state index in [0.717, 1.165) is 83.9 Å². The summed E-state index contributed by atoms with van der Waals surface area (Å²) in [5.74, 6) is 12.9. The van der Waals surface area contributed by atoms with Crippen molar-refractivity contribution in [2.24, 2.45) is 93.2 Å². The maximum absolute atomic E-state index is 4.49. The third kappa shape index (κ3) is 15.4. The fourth-order valence-electron chi connectivity index (χ4n) is 26.7. The van der Waals surface area contributed by atoms with Crippen LogP contribution in [0.25, 0.3) is 6.08 Å². The van der Waals surface area contributed by atoms with Gasteiger partial charge in [-0.05, 0) is 72.8 Å². The van der Waals surface area contributed by atoms with E-state index in [0.29, 0.717) is 57.0 Å². The second kappa shape index (κ2) is 31.2. The Hall–Kier alpha value is -4.04. The summed E-state index contributed by atoms with van der Waals surface area (Å²) in [6.07, 6.45) is 59.5. The number of allylic oxidation sites excluding steroid dienone is 11. The fourth-order valence-corrected chi connectivity index (χ4v) is 38.4.